The minimum Gasteiger partial charge on any atom is -0.414 e. The van der Waals surface area contributed by atoms with Gasteiger partial charge in [-0.2, -0.15) is 0 Å². The lowest BCUT2D eigenvalue weighted by atomic mass is 10.1. The SMILES string of the molecule is CC(=O)N(C)CC(=O)OC(OC(=O)N(C(=O)c1ccc(Cl)cc1)N(C(=O)c1ccccc1)C(C)(C)C)C(=O)N(C)C. The standard InChI is InChI=1S/C28H33ClN4O8/c1-18(34)31(7)17-22(35)40-26(25(38)30(5)6)41-27(39)32(23(36)20-13-15-21(29)16-14-20)33(28(2,3)4)24(37)19-11-9-8-10-12-19/h8-16,26H,17H2,1-7H3. The summed E-state index contributed by atoms with van der Waals surface area (Å²) in [6.45, 7) is 5.44. The van der Waals surface area contributed by atoms with E-state index in [1.54, 1.807) is 39.0 Å². The number of esters is 1. The number of rotatable bonds is 7. The van der Waals surface area contributed by atoms with E-state index in [9.17, 15) is 28.8 Å². The minimum atomic E-state index is -2.14. The molecule has 0 heterocycles. The summed E-state index contributed by atoms with van der Waals surface area (Å²) in [4.78, 5) is 80.1. The van der Waals surface area contributed by atoms with Crippen LogP contribution in [0.4, 0.5) is 4.79 Å². The summed E-state index contributed by atoms with van der Waals surface area (Å²) < 4.78 is 10.4. The second-order valence-electron chi connectivity index (χ2n) is 10.1. The molecule has 13 heteroatoms. The van der Waals surface area contributed by atoms with Gasteiger partial charge in [0.15, 0.2) is 0 Å². The molecule has 0 bridgehead atoms. The van der Waals surface area contributed by atoms with Gasteiger partial charge in [0.05, 0.1) is 5.54 Å². The number of amides is 5. The van der Waals surface area contributed by atoms with Crippen LogP contribution in [-0.4, -0.2) is 95.0 Å². The van der Waals surface area contributed by atoms with Gasteiger partial charge in [-0.3, -0.25) is 24.0 Å². The van der Waals surface area contributed by atoms with Crippen LogP contribution >= 0.6 is 11.6 Å². The largest absolute Gasteiger partial charge is 0.440 e. The zero-order valence-corrected chi connectivity index (χ0v) is 24.7. The van der Waals surface area contributed by atoms with E-state index in [0.29, 0.717) is 10.0 Å². The van der Waals surface area contributed by atoms with Crippen LogP contribution in [0, 0.1) is 0 Å². The molecule has 0 fully saturated rings. The molecule has 1 atom stereocenters. The highest BCUT2D eigenvalue weighted by Gasteiger charge is 2.43. The van der Waals surface area contributed by atoms with Gasteiger partial charge in [0.1, 0.15) is 6.54 Å². The number of ether oxygens (including phenoxy) is 2. The number of hydrogen-bond acceptors (Lipinski definition) is 8. The number of hydrazine groups is 1. The first-order valence-corrected chi connectivity index (χ1v) is 12.7. The number of carbonyl (C=O) groups excluding carboxylic acids is 6. The van der Waals surface area contributed by atoms with Crippen molar-refractivity contribution in [3.05, 3.63) is 70.7 Å². The molecule has 5 amide bonds. The first-order chi connectivity index (χ1) is 19.0. The lowest BCUT2D eigenvalue weighted by Crippen LogP contribution is -2.61. The molecule has 220 valence electrons. The van der Waals surface area contributed by atoms with Gasteiger partial charge in [0, 0.05) is 44.2 Å². The summed E-state index contributed by atoms with van der Waals surface area (Å²) in [6, 6.07) is 13.5. The highest BCUT2D eigenvalue weighted by atomic mass is 35.5. The molecule has 0 saturated heterocycles. The van der Waals surface area contributed by atoms with Crippen molar-refractivity contribution in [1.82, 2.24) is 19.8 Å². The van der Waals surface area contributed by atoms with E-state index in [1.165, 1.54) is 64.5 Å². The van der Waals surface area contributed by atoms with Crippen molar-refractivity contribution in [3.8, 4) is 0 Å². The van der Waals surface area contributed by atoms with Crippen molar-refractivity contribution in [2.24, 2.45) is 0 Å². The number of hydrogen-bond donors (Lipinski definition) is 0. The highest BCUT2D eigenvalue weighted by molar-refractivity contribution is 6.30. The van der Waals surface area contributed by atoms with Crippen molar-refractivity contribution in [2.45, 2.75) is 39.5 Å². The van der Waals surface area contributed by atoms with Crippen molar-refractivity contribution >= 4 is 47.3 Å². The summed E-state index contributed by atoms with van der Waals surface area (Å²) in [6.07, 6.45) is -3.61. The minimum absolute atomic E-state index is 0.0305. The Labute approximate surface area is 243 Å². The fourth-order valence-electron chi connectivity index (χ4n) is 3.31. The molecule has 0 spiro atoms. The molecule has 2 aromatic carbocycles. The molecule has 0 aliphatic rings. The van der Waals surface area contributed by atoms with Crippen molar-refractivity contribution in [3.63, 3.8) is 0 Å². The molecule has 0 aromatic heterocycles. The Balaban J connectivity index is 2.59. The number of likely N-dealkylation sites (N-methyl/N-ethyl adjacent to an activating group) is 2. The third kappa shape index (κ3) is 8.77. The van der Waals surface area contributed by atoms with Crippen LogP contribution in [0.25, 0.3) is 0 Å². The first kappa shape index (κ1) is 32.8. The van der Waals surface area contributed by atoms with Crippen molar-refractivity contribution in [1.29, 1.82) is 0 Å². The molecule has 0 saturated carbocycles. The van der Waals surface area contributed by atoms with Crippen LogP contribution in [0.1, 0.15) is 48.4 Å². The maximum Gasteiger partial charge on any atom is 0.440 e. The predicted molar refractivity (Wildman–Crippen MR) is 148 cm³/mol. The first-order valence-electron chi connectivity index (χ1n) is 12.4. The van der Waals surface area contributed by atoms with E-state index in [0.717, 1.165) is 14.8 Å². The Kier molecular flexibility index (Phi) is 11.0. The quantitative estimate of drug-likeness (QED) is 0.273. The molecule has 0 N–H and O–H groups in total. The second-order valence-corrected chi connectivity index (χ2v) is 10.5. The molecular formula is C28H33ClN4O8. The highest BCUT2D eigenvalue weighted by Crippen LogP contribution is 2.24. The van der Waals surface area contributed by atoms with Crippen molar-refractivity contribution in [2.75, 3.05) is 27.7 Å². The van der Waals surface area contributed by atoms with Crippen LogP contribution in [0.5, 0.6) is 0 Å². The van der Waals surface area contributed by atoms with Gasteiger partial charge >= 0.3 is 24.3 Å². The lowest BCUT2D eigenvalue weighted by molar-refractivity contribution is -0.184. The molecule has 2 rings (SSSR count). The van der Waals surface area contributed by atoms with Gasteiger partial charge in [-0.1, -0.05) is 29.8 Å². The van der Waals surface area contributed by atoms with E-state index >= 15 is 0 Å². The average Bonchev–Trinajstić information content (AvgIpc) is 2.90. The Morgan fingerprint density at radius 3 is 1.83 bits per heavy atom. The summed E-state index contributed by atoms with van der Waals surface area (Å²) in [5, 5.41) is 1.66. The molecule has 2 aromatic rings. The Morgan fingerprint density at radius 1 is 0.805 bits per heavy atom. The number of benzene rings is 2. The Bertz CT molecular complexity index is 1290. The molecular weight excluding hydrogens is 556 g/mol. The Hall–Kier alpha value is -4.45. The number of imide groups is 1. The monoisotopic (exact) mass is 588 g/mol. The smallest absolute Gasteiger partial charge is 0.414 e. The van der Waals surface area contributed by atoms with Crippen LogP contribution in [0.3, 0.4) is 0 Å². The zero-order chi connectivity index (χ0) is 31.1. The molecule has 0 radical (unpaired) electrons. The van der Waals surface area contributed by atoms with Gasteiger partial charge in [-0.25, -0.2) is 9.80 Å². The summed E-state index contributed by atoms with van der Waals surface area (Å²) in [5.41, 5.74) is -1.06. The van der Waals surface area contributed by atoms with Gasteiger partial charge in [0.2, 0.25) is 5.91 Å². The molecule has 0 aliphatic heterocycles. The molecule has 0 aliphatic carbocycles. The van der Waals surface area contributed by atoms with Crippen LogP contribution < -0.4 is 0 Å². The summed E-state index contributed by atoms with van der Waals surface area (Å²) in [5.74, 6) is -4.17. The second kappa shape index (κ2) is 13.8. The van der Waals surface area contributed by atoms with Gasteiger partial charge in [-0.15, -0.1) is 5.01 Å². The third-order valence-electron chi connectivity index (χ3n) is 5.50. The van der Waals surface area contributed by atoms with E-state index in [-0.39, 0.29) is 11.1 Å². The topological polar surface area (TPSA) is 134 Å². The zero-order valence-electron chi connectivity index (χ0n) is 23.9. The summed E-state index contributed by atoms with van der Waals surface area (Å²) >= 11 is 5.97. The lowest BCUT2D eigenvalue weighted by Gasteiger charge is -2.41. The predicted octanol–water partition coefficient (Wildman–Crippen LogP) is 3.21. The normalized spacial score (nSPS) is 11.5. The van der Waals surface area contributed by atoms with Gasteiger partial charge in [0.25, 0.3) is 11.8 Å². The summed E-state index contributed by atoms with van der Waals surface area (Å²) in [7, 11) is 3.99. The average molecular weight is 589 g/mol. The van der Waals surface area contributed by atoms with Crippen LogP contribution in [-0.2, 0) is 23.9 Å². The molecule has 41 heavy (non-hydrogen) atoms. The maximum absolute atomic E-state index is 13.8. The fraction of sp³-hybridized carbons (Fsp3) is 0.357. The third-order valence-corrected chi connectivity index (χ3v) is 5.75. The van der Waals surface area contributed by atoms with E-state index in [1.807, 2.05) is 0 Å². The van der Waals surface area contributed by atoms with E-state index in [2.05, 4.69) is 0 Å². The Morgan fingerprint density at radius 2 is 1.34 bits per heavy atom. The number of carbonyl (C=O) groups is 6. The number of nitrogens with zero attached hydrogens (tertiary/aromatic N) is 4. The van der Waals surface area contributed by atoms with E-state index < -0.39 is 54.1 Å². The van der Waals surface area contributed by atoms with Crippen LogP contribution in [0.2, 0.25) is 5.02 Å². The van der Waals surface area contributed by atoms with Gasteiger partial charge in [-0.05, 0) is 57.2 Å². The molecule has 1 unspecified atom stereocenters. The van der Waals surface area contributed by atoms with E-state index in [4.69, 9.17) is 21.1 Å². The fourth-order valence-corrected chi connectivity index (χ4v) is 3.43. The molecule has 12 nitrogen and oxygen atoms in total. The maximum atomic E-state index is 13.8. The van der Waals surface area contributed by atoms with Crippen LogP contribution in [0.15, 0.2) is 54.6 Å². The van der Waals surface area contributed by atoms with Gasteiger partial charge < -0.3 is 19.3 Å². The van der Waals surface area contributed by atoms with Crippen molar-refractivity contribution < 1.29 is 38.2 Å². The number of halogens is 1.